The van der Waals surface area contributed by atoms with Gasteiger partial charge in [-0.1, -0.05) is 6.08 Å². The van der Waals surface area contributed by atoms with Gasteiger partial charge < -0.3 is 4.90 Å². The maximum Gasteiger partial charge on any atom is 0.150 e. The van der Waals surface area contributed by atoms with E-state index in [0.717, 1.165) is 23.0 Å². The summed E-state index contributed by atoms with van der Waals surface area (Å²) in [6.07, 6.45) is 2.72. The molecule has 0 aromatic heterocycles. The number of hydrogen-bond donors (Lipinski definition) is 0. The molecule has 0 radical (unpaired) electrons. The average Bonchev–Trinajstić information content (AvgIpc) is 2.26. The van der Waals surface area contributed by atoms with E-state index in [0.29, 0.717) is 11.6 Å². The van der Waals surface area contributed by atoms with E-state index >= 15 is 0 Å². The predicted octanol–water partition coefficient (Wildman–Crippen LogP) is 3.66. The van der Waals surface area contributed by atoms with Crippen molar-refractivity contribution in [2.24, 2.45) is 0 Å². The van der Waals surface area contributed by atoms with Crippen LogP contribution in [0.4, 0.5) is 5.69 Å². The minimum atomic E-state index is 0.386. The molecule has 0 N–H and O–H groups in total. The van der Waals surface area contributed by atoms with Crippen LogP contribution in [-0.2, 0) is 0 Å². The fraction of sp³-hybridized carbons (Fsp3) is 0.308. The van der Waals surface area contributed by atoms with E-state index in [1.165, 1.54) is 0 Å². The molecule has 2 nitrogen and oxygen atoms in total. The molecule has 16 heavy (non-hydrogen) atoms. The molecule has 1 rings (SSSR count). The van der Waals surface area contributed by atoms with Crippen LogP contribution in [0.3, 0.4) is 0 Å². The van der Waals surface area contributed by atoms with Crippen molar-refractivity contribution in [3.05, 3.63) is 40.9 Å². The second-order valence-corrected chi connectivity index (χ2v) is 4.72. The molecule has 86 valence electrons. The molecule has 0 aliphatic heterocycles. The molecule has 3 heteroatoms. The molecule has 0 atom stereocenters. The van der Waals surface area contributed by atoms with Crippen molar-refractivity contribution in [1.82, 2.24) is 0 Å². The lowest BCUT2D eigenvalue weighted by Gasteiger charge is -2.28. The molecule has 0 spiro atoms. The van der Waals surface area contributed by atoms with Crippen molar-refractivity contribution in [2.45, 2.75) is 19.9 Å². The summed E-state index contributed by atoms with van der Waals surface area (Å²) in [5, 5.41) is 0. The molecule has 0 amide bonds. The van der Waals surface area contributed by atoms with Crippen molar-refractivity contribution < 1.29 is 4.79 Å². The Labute approximate surface area is 105 Å². The predicted molar refractivity (Wildman–Crippen MR) is 72.2 cm³/mol. The Balaban J connectivity index is 3.09. The van der Waals surface area contributed by atoms with E-state index in [1.807, 2.05) is 24.3 Å². The van der Waals surface area contributed by atoms with E-state index < -0.39 is 0 Å². The topological polar surface area (TPSA) is 20.3 Å². The number of carbonyl (C=O) groups excluding carboxylic acids is 1. The summed E-state index contributed by atoms with van der Waals surface area (Å²) >= 11 is 3.49. The second-order valence-electron chi connectivity index (χ2n) is 3.86. The summed E-state index contributed by atoms with van der Waals surface area (Å²) in [4.78, 5) is 12.9. The zero-order chi connectivity index (χ0) is 12.1. The highest BCUT2D eigenvalue weighted by molar-refractivity contribution is 9.10. The first-order valence-corrected chi connectivity index (χ1v) is 6.01. The van der Waals surface area contributed by atoms with Crippen LogP contribution in [0.1, 0.15) is 24.2 Å². The van der Waals surface area contributed by atoms with Gasteiger partial charge in [-0.25, -0.2) is 0 Å². The fourth-order valence-electron chi connectivity index (χ4n) is 1.56. The number of halogens is 1. The number of benzene rings is 1. The first-order valence-electron chi connectivity index (χ1n) is 5.22. The molecular formula is C13H16BrNO. The van der Waals surface area contributed by atoms with Gasteiger partial charge in [-0.3, -0.25) is 4.79 Å². The number of carbonyl (C=O) groups is 1. The summed E-state index contributed by atoms with van der Waals surface area (Å²) in [6, 6.07) is 6.00. The Bertz CT molecular complexity index is 388. The van der Waals surface area contributed by atoms with Crippen LogP contribution in [0.25, 0.3) is 0 Å². The van der Waals surface area contributed by atoms with Crippen molar-refractivity contribution in [2.75, 3.05) is 11.4 Å². The highest BCUT2D eigenvalue weighted by atomic mass is 79.9. The second kappa shape index (κ2) is 5.85. The lowest BCUT2D eigenvalue weighted by molar-refractivity contribution is 0.112. The monoisotopic (exact) mass is 281 g/mol. The van der Waals surface area contributed by atoms with Crippen LogP contribution in [-0.4, -0.2) is 18.9 Å². The molecule has 1 aromatic carbocycles. The van der Waals surface area contributed by atoms with Gasteiger partial charge in [-0.15, -0.1) is 6.58 Å². The standard InChI is InChI=1S/C13H16BrNO/c1-4-7-15(10(2)3)13-6-5-11(9-16)8-12(13)14/h4-6,8-10H,1,7H2,2-3H3. The Morgan fingerprint density at radius 3 is 2.62 bits per heavy atom. The zero-order valence-corrected chi connectivity index (χ0v) is 11.2. The van der Waals surface area contributed by atoms with E-state index in [-0.39, 0.29) is 0 Å². The van der Waals surface area contributed by atoms with Crippen molar-refractivity contribution in [1.29, 1.82) is 0 Å². The number of anilines is 1. The van der Waals surface area contributed by atoms with Crippen molar-refractivity contribution in [3.8, 4) is 0 Å². The normalized spacial score (nSPS) is 10.2. The molecule has 0 heterocycles. The molecule has 1 aromatic rings. The smallest absolute Gasteiger partial charge is 0.150 e. The van der Waals surface area contributed by atoms with Crippen LogP contribution >= 0.6 is 15.9 Å². The lowest BCUT2D eigenvalue weighted by atomic mass is 10.2. The van der Waals surface area contributed by atoms with Gasteiger partial charge in [-0.2, -0.15) is 0 Å². The maximum absolute atomic E-state index is 10.6. The molecule has 0 fully saturated rings. The third-order valence-electron chi connectivity index (χ3n) is 2.37. The average molecular weight is 282 g/mol. The minimum Gasteiger partial charge on any atom is -0.364 e. The summed E-state index contributed by atoms with van der Waals surface area (Å²) in [7, 11) is 0. The zero-order valence-electron chi connectivity index (χ0n) is 9.61. The van der Waals surface area contributed by atoms with Gasteiger partial charge in [0.15, 0.2) is 0 Å². The van der Waals surface area contributed by atoms with Gasteiger partial charge in [0.05, 0.1) is 5.69 Å². The fourth-order valence-corrected chi connectivity index (χ4v) is 2.18. The van der Waals surface area contributed by atoms with Crippen molar-refractivity contribution >= 4 is 27.9 Å². The van der Waals surface area contributed by atoms with Crippen molar-refractivity contribution in [3.63, 3.8) is 0 Å². The third-order valence-corrected chi connectivity index (χ3v) is 3.00. The van der Waals surface area contributed by atoms with Gasteiger partial charge >= 0.3 is 0 Å². The van der Waals surface area contributed by atoms with E-state index in [4.69, 9.17) is 0 Å². The van der Waals surface area contributed by atoms with Gasteiger partial charge in [0.1, 0.15) is 6.29 Å². The van der Waals surface area contributed by atoms with Gasteiger partial charge in [0.2, 0.25) is 0 Å². The SMILES string of the molecule is C=CCN(c1ccc(C=O)cc1Br)C(C)C. The van der Waals surface area contributed by atoms with Crippen LogP contribution in [0.2, 0.25) is 0 Å². The Morgan fingerprint density at radius 1 is 1.50 bits per heavy atom. The van der Waals surface area contributed by atoms with E-state index in [2.05, 4.69) is 41.3 Å². The summed E-state index contributed by atoms with van der Waals surface area (Å²) in [5.41, 5.74) is 1.76. The number of aldehydes is 1. The summed E-state index contributed by atoms with van der Waals surface area (Å²) in [6.45, 7) is 8.80. The number of rotatable bonds is 5. The summed E-state index contributed by atoms with van der Waals surface area (Å²) in [5.74, 6) is 0. The van der Waals surface area contributed by atoms with Crippen LogP contribution < -0.4 is 4.90 Å². The first-order chi connectivity index (χ1) is 7.60. The maximum atomic E-state index is 10.6. The third kappa shape index (κ3) is 2.95. The molecular weight excluding hydrogens is 266 g/mol. The Morgan fingerprint density at radius 2 is 2.19 bits per heavy atom. The minimum absolute atomic E-state index is 0.386. The van der Waals surface area contributed by atoms with Gasteiger partial charge in [-0.05, 0) is 48.0 Å². The molecule has 0 saturated carbocycles. The van der Waals surface area contributed by atoms with Gasteiger partial charge in [0, 0.05) is 22.6 Å². The Kier molecular flexibility index (Phi) is 4.74. The molecule has 0 saturated heterocycles. The Hall–Kier alpha value is -1.09. The van der Waals surface area contributed by atoms with E-state index in [9.17, 15) is 4.79 Å². The summed E-state index contributed by atoms with van der Waals surface area (Å²) < 4.78 is 0.938. The molecule has 0 aliphatic carbocycles. The first kappa shape index (κ1) is 13.0. The van der Waals surface area contributed by atoms with Gasteiger partial charge in [0.25, 0.3) is 0 Å². The van der Waals surface area contributed by atoms with Crippen LogP contribution in [0.5, 0.6) is 0 Å². The highest BCUT2D eigenvalue weighted by Gasteiger charge is 2.12. The lowest BCUT2D eigenvalue weighted by Crippen LogP contribution is -2.31. The number of nitrogens with zero attached hydrogens (tertiary/aromatic N) is 1. The molecule has 0 aliphatic rings. The highest BCUT2D eigenvalue weighted by Crippen LogP contribution is 2.28. The van der Waals surface area contributed by atoms with E-state index in [1.54, 1.807) is 0 Å². The molecule has 0 bridgehead atoms. The largest absolute Gasteiger partial charge is 0.364 e. The quantitative estimate of drug-likeness (QED) is 0.606. The van der Waals surface area contributed by atoms with Crippen LogP contribution in [0, 0.1) is 0 Å². The van der Waals surface area contributed by atoms with Crippen LogP contribution in [0.15, 0.2) is 35.3 Å². The molecule has 0 unspecified atom stereocenters. The number of hydrogen-bond acceptors (Lipinski definition) is 2.